The summed E-state index contributed by atoms with van der Waals surface area (Å²) in [7, 11) is -3.40. The fraction of sp³-hybridized carbons (Fsp3) is 0.594. The average molecular weight is 644 g/mol. The minimum absolute atomic E-state index is 0.00222. The lowest BCUT2D eigenvalue weighted by atomic mass is 10.1. The molecule has 246 valence electrons. The van der Waals surface area contributed by atoms with Crippen LogP contribution < -0.4 is 10.1 Å². The average Bonchev–Trinajstić information content (AvgIpc) is 3.51. The lowest BCUT2D eigenvalue weighted by molar-refractivity contribution is -0.155. The number of sulfonamides is 1. The first kappa shape index (κ1) is 34.3. The highest BCUT2D eigenvalue weighted by atomic mass is 32.2. The van der Waals surface area contributed by atoms with E-state index in [4.69, 9.17) is 9.47 Å². The highest BCUT2D eigenvalue weighted by Gasteiger charge is 2.33. The Hall–Kier alpha value is -3.58. The van der Waals surface area contributed by atoms with E-state index in [0.717, 1.165) is 25.7 Å². The molecule has 13 heteroatoms. The highest BCUT2D eigenvalue weighted by Crippen LogP contribution is 2.26. The zero-order chi connectivity index (χ0) is 32.6. The van der Waals surface area contributed by atoms with Crippen molar-refractivity contribution in [3.63, 3.8) is 0 Å². The molecule has 1 saturated carbocycles. The number of carbonyl (C=O) groups excluding carboxylic acids is 3. The second-order valence-electron chi connectivity index (χ2n) is 12.5. The predicted molar refractivity (Wildman–Crippen MR) is 169 cm³/mol. The number of nitrogens with zero attached hydrogens (tertiary/aromatic N) is 4. The molecule has 0 bridgehead atoms. The fourth-order valence-electron chi connectivity index (χ4n) is 5.43. The first-order valence-corrected chi connectivity index (χ1v) is 17.4. The number of rotatable bonds is 12. The number of nitrogens with one attached hydrogen (secondary N) is 1. The zero-order valence-electron chi connectivity index (χ0n) is 26.7. The van der Waals surface area contributed by atoms with Gasteiger partial charge in [0.2, 0.25) is 21.8 Å². The molecule has 1 aliphatic carbocycles. The van der Waals surface area contributed by atoms with Gasteiger partial charge in [0, 0.05) is 44.2 Å². The van der Waals surface area contributed by atoms with Crippen molar-refractivity contribution in [2.45, 2.75) is 90.4 Å². The largest absolute Gasteiger partial charge is 0.474 e. The molecule has 12 nitrogen and oxygen atoms in total. The zero-order valence-corrected chi connectivity index (χ0v) is 27.5. The van der Waals surface area contributed by atoms with Crippen LogP contribution in [0.25, 0.3) is 11.4 Å². The molecule has 1 N–H and O–H groups in total. The van der Waals surface area contributed by atoms with Crippen LogP contribution in [0, 0.1) is 0 Å². The van der Waals surface area contributed by atoms with Gasteiger partial charge in [-0.25, -0.2) is 13.4 Å². The van der Waals surface area contributed by atoms with Crippen LogP contribution in [0.5, 0.6) is 5.88 Å². The van der Waals surface area contributed by atoms with Gasteiger partial charge in [-0.1, -0.05) is 37.3 Å². The van der Waals surface area contributed by atoms with Crippen LogP contribution in [0.3, 0.4) is 0 Å². The van der Waals surface area contributed by atoms with Gasteiger partial charge in [0.05, 0.1) is 5.75 Å². The Balaban J connectivity index is 1.55. The molecule has 1 atom stereocenters. The highest BCUT2D eigenvalue weighted by molar-refractivity contribution is 7.89. The number of hydrogen-bond acceptors (Lipinski definition) is 9. The third kappa shape index (κ3) is 9.95. The van der Waals surface area contributed by atoms with E-state index in [0.29, 0.717) is 17.8 Å². The van der Waals surface area contributed by atoms with Crippen LogP contribution in [0.4, 0.5) is 0 Å². The van der Waals surface area contributed by atoms with E-state index < -0.39 is 39.4 Å². The lowest BCUT2D eigenvalue weighted by Gasteiger charge is -2.36. The second-order valence-corrected chi connectivity index (χ2v) is 14.6. The van der Waals surface area contributed by atoms with Gasteiger partial charge in [-0.3, -0.25) is 14.4 Å². The molecular weight excluding hydrogens is 598 g/mol. The van der Waals surface area contributed by atoms with Crippen molar-refractivity contribution in [3.8, 4) is 17.3 Å². The maximum atomic E-state index is 13.8. The molecule has 2 fully saturated rings. The van der Waals surface area contributed by atoms with Crippen molar-refractivity contribution < 1.29 is 32.3 Å². The minimum Gasteiger partial charge on any atom is -0.474 e. The molecule has 2 heterocycles. The van der Waals surface area contributed by atoms with Gasteiger partial charge in [-0.2, -0.15) is 9.29 Å². The van der Waals surface area contributed by atoms with Gasteiger partial charge in [0.15, 0.2) is 5.82 Å². The second kappa shape index (κ2) is 15.1. The normalized spacial score (nSPS) is 17.1. The van der Waals surface area contributed by atoms with Gasteiger partial charge in [0.1, 0.15) is 23.4 Å². The van der Waals surface area contributed by atoms with E-state index >= 15 is 0 Å². The van der Waals surface area contributed by atoms with Crippen molar-refractivity contribution in [3.05, 3.63) is 42.1 Å². The van der Waals surface area contributed by atoms with Crippen LogP contribution >= 0.6 is 0 Å². The molecule has 0 unspecified atom stereocenters. The minimum atomic E-state index is -3.40. The summed E-state index contributed by atoms with van der Waals surface area (Å²) in [6.07, 6.45) is 4.33. The lowest BCUT2D eigenvalue weighted by Crippen LogP contribution is -2.56. The molecule has 1 saturated heterocycles. The summed E-state index contributed by atoms with van der Waals surface area (Å²) >= 11 is 0. The summed E-state index contributed by atoms with van der Waals surface area (Å²) in [5, 5.41) is 2.79. The number of benzene rings is 1. The summed E-state index contributed by atoms with van der Waals surface area (Å²) in [6, 6.07) is 9.65. The van der Waals surface area contributed by atoms with E-state index in [1.807, 2.05) is 30.3 Å². The number of aromatic nitrogens is 2. The molecule has 2 aromatic rings. The van der Waals surface area contributed by atoms with Crippen molar-refractivity contribution in [2.75, 3.05) is 31.9 Å². The molecule has 1 aromatic heterocycles. The van der Waals surface area contributed by atoms with E-state index in [-0.39, 0.29) is 62.5 Å². The first-order valence-electron chi connectivity index (χ1n) is 15.7. The number of hydrogen-bond donors (Lipinski definition) is 1. The maximum Gasteiger partial charge on any atom is 0.306 e. The molecule has 2 amide bonds. The molecule has 0 spiro atoms. The molecule has 1 aliphatic heterocycles. The van der Waals surface area contributed by atoms with Gasteiger partial charge in [0.25, 0.3) is 5.91 Å². The smallest absolute Gasteiger partial charge is 0.306 e. The fourth-order valence-corrected chi connectivity index (χ4v) is 6.93. The molecular formula is C32H45N5O7S. The Labute approximate surface area is 265 Å². The van der Waals surface area contributed by atoms with E-state index in [9.17, 15) is 22.8 Å². The molecule has 45 heavy (non-hydrogen) atoms. The van der Waals surface area contributed by atoms with Crippen LogP contribution in [0.15, 0.2) is 36.4 Å². The number of ether oxygens (including phenoxy) is 2. The van der Waals surface area contributed by atoms with E-state index in [1.54, 1.807) is 27.7 Å². The third-order valence-corrected chi connectivity index (χ3v) is 9.70. The van der Waals surface area contributed by atoms with Crippen LogP contribution in [-0.2, 0) is 24.3 Å². The Morgan fingerprint density at radius 3 is 2.31 bits per heavy atom. The summed E-state index contributed by atoms with van der Waals surface area (Å²) < 4.78 is 38.1. The Morgan fingerprint density at radius 2 is 1.69 bits per heavy atom. The predicted octanol–water partition coefficient (Wildman–Crippen LogP) is 3.57. The van der Waals surface area contributed by atoms with Crippen molar-refractivity contribution in [1.82, 2.24) is 24.5 Å². The molecule has 2 aliphatic rings. The van der Waals surface area contributed by atoms with Crippen molar-refractivity contribution in [2.24, 2.45) is 0 Å². The number of carbonyl (C=O) groups is 3. The van der Waals surface area contributed by atoms with E-state index in [2.05, 4.69) is 15.3 Å². The van der Waals surface area contributed by atoms with Gasteiger partial charge >= 0.3 is 5.97 Å². The Morgan fingerprint density at radius 1 is 1.02 bits per heavy atom. The number of amides is 2. The Kier molecular flexibility index (Phi) is 11.5. The van der Waals surface area contributed by atoms with E-state index in [1.165, 1.54) is 15.3 Å². The monoisotopic (exact) mass is 643 g/mol. The van der Waals surface area contributed by atoms with Crippen LogP contribution in [0.1, 0.15) is 83.1 Å². The maximum absolute atomic E-state index is 13.8. The molecule has 1 aromatic carbocycles. The summed E-state index contributed by atoms with van der Waals surface area (Å²) in [5.41, 5.74) is 0.0317. The summed E-state index contributed by atoms with van der Waals surface area (Å²) in [5.74, 6) is -0.868. The molecule has 0 radical (unpaired) electrons. The van der Waals surface area contributed by atoms with Crippen molar-refractivity contribution >= 4 is 27.8 Å². The van der Waals surface area contributed by atoms with Crippen LogP contribution in [-0.4, -0.2) is 95.1 Å². The summed E-state index contributed by atoms with van der Waals surface area (Å²) in [4.78, 5) is 50.7. The number of piperazine rings is 1. The van der Waals surface area contributed by atoms with Crippen LogP contribution in [0.2, 0.25) is 0 Å². The van der Waals surface area contributed by atoms with Gasteiger partial charge in [-0.15, -0.1) is 0 Å². The number of esters is 1. The van der Waals surface area contributed by atoms with Crippen molar-refractivity contribution in [1.29, 1.82) is 0 Å². The standard InChI is InChI=1S/C32H45N5O7S/c1-5-21-45(41,42)37-19-17-36(18-20-37)31(40)25(15-16-28(38)44-32(2,3)4)34-30(39)26-22-27(43-24-13-9-10-14-24)35-29(33-26)23-11-7-6-8-12-23/h6-8,11-12,22,24-25H,5,9-10,13-21H2,1-4H3,(H,34,39)/t25-/m0/s1. The van der Waals surface area contributed by atoms with Gasteiger partial charge in [-0.05, 0) is 59.3 Å². The third-order valence-electron chi connectivity index (χ3n) is 7.62. The first-order chi connectivity index (χ1) is 21.3. The Bertz CT molecular complexity index is 1430. The topological polar surface area (TPSA) is 148 Å². The van der Waals surface area contributed by atoms with Gasteiger partial charge < -0.3 is 19.7 Å². The SMILES string of the molecule is CCCS(=O)(=O)N1CCN(C(=O)[C@H](CCC(=O)OC(C)(C)C)NC(=O)c2cc(OC3CCCC3)nc(-c3ccccc3)n2)CC1. The summed E-state index contributed by atoms with van der Waals surface area (Å²) in [6.45, 7) is 7.74. The molecule has 4 rings (SSSR count). The quantitative estimate of drug-likeness (QED) is 0.343.